The molecule has 134 valence electrons. The molecule has 1 N–H and O–H groups in total. The first-order valence-electron chi connectivity index (χ1n) is 7.87. The number of hydrogen-bond acceptors (Lipinski definition) is 4. The molecule has 1 amide bonds. The van der Waals surface area contributed by atoms with E-state index in [0.29, 0.717) is 15.8 Å². The number of halogens is 2. The number of anilines is 1. The molecule has 0 radical (unpaired) electrons. The first-order valence-corrected chi connectivity index (χ1v) is 9.51. The van der Waals surface area contributed by atoms with E-state index in [1.807, 2.05) is 36.6 Å². The molecule has 3 rings (SSSR count). The molecule has 7 heteroatoms. The summed E-state index contributed by atoms with van der Waals surface area (Å²) < 4.78 is 5.66. The van der Waals surface area contributed by atoms with E-state index in [2.05, 4.69) is 10.3 Å². The van der Waals surface area contributed by atoms with Crippen molar-refractivity contribution in [3.8, 4) is 5.75 Å². The van der Waals surface area contributed by atoms with E-state index in [-0.39, 0.29) is 18.9 Å². The fraction of sp³-hybridized carbons (Fsp3) is 0.158. The lowest BCUT2D eigenvalue weighted by Gasteiger charge is -2.06. The van der Waals surface area contributed by atoms with Crippen LogP contribution < -0.4 is 10.1 Å². The summed E-state index contributed by atoms with van der Waals surface area (Å²) in [7, 11) is 0. The lowest BCUT2D eigenvalue weighted by atomic mass is 10.2. The molecule has 0 aliphatic rings. The number of thiazole rings is 1. The van der Waals surface area contributed by atoms with Crippen molar-refractivity contribution in [3.05, 3.63) is 74.2 Å². The summed E-state index contributed by atoms with van der Waals surface area (Å²) in [6.45, 7) is 2.26. The lowest BCUT2D eigenvalue weighted by molar-refractivity contribution is -0.115. The number of ether oxygens (including phenoxy) is 1. The zero-order valence-corrected chi connectivity index (χ0v) is 16.3. The smallest absolute Gasteiger partial charge is 0.231 e. The van der Waals surface area contributed by atoms with E-state index in [4.69, 9.17) is 27.9 Å². The predicted molar refractivity (Wildman–Crippen MR) is 106 cm³/mol. The summed E-state index contributed by atoms with van der Waals surface area (Å²) in [5.74, 6) is 0.402. The molecular weight excluding hydrogens is 391 g/mol. The third-order valence-electron chi connectivity index (χ3n) is 3.52. The van der Waals surface area contributed by atoms with Gasteiger partial charge in [0.1, 0.15) is 17.4 Å². The Hall–Kier alpha value is -2.08. The molecule has 0 unspecified atom stereocenters. The minimum atomic E-state index is -0.103. The second-order valence-electron chi connectivity index (χ2n) is 5.69. The van der Waals surface area contributed by atoms with Gasteiger partial charge >= 0.3 is 0 Å². The SMILES string of the molecule is Cc1ccc(NC(=O)Cc2nc(COc3cc(Cl)ccc3Cl)cs2)cc1. The van der Waals surface area contributed by atoms with Gasteiger partial charge in [-0.05, 0) is 31.2 Å². The first kappa shape index (κ1) is 18.7. The van der Waals surface area contributed by atoms with Crippen molar-refractivity contribution in [1.29, 1.82) is 0 Å². The number of carbonyl (C=O) groups excluding carboxylic acids is 1. The molecule has 1 heterocycles. The minimum absolute atomic E-state index is 0.103. The second-order valence-corrected chi connectivity index (χ2v) is 7.47. The highest BCUT2D eigenvalue weighted by atomic mass is 35.5. The third-order valence-corrected chi connectivity index (χ3v) is 4.96. The Kier molecular flexibility index (Phi) is 6.14. The van der Waals surface area contributed by atoms with Crippen molar-refractivity contribution in [2.75, 3.05) is 5.32 Å². The molecule has 0 saturated carbocycles. The molecule has 0 fully saturated rings. The summed E-state index contributed by atoms with van der Waals surface area (Å²) in [4.78, 5) is 16.6. The van der Waals surface area contributed by atoms with Crippen LogP contribution in [0.3, 0.4) is 0 Å². The molecule has 26 heavy (non-hydrogen) atoms. The monoisotopic (exact) mass is 406 g/mol. The Morgan fingerprint density at radius 1 is 1.19 bits per heavy atom. The summed E-state index contributed by atoms with van der Waals surface area (Å²) in [5.41, 5.74) is 2.66. The van der Waals surface area contributed by atoms with Gasteiger partial charge in [-0.3, -0.25) is 4.79 Å². The number of aryl methyl sites for hydroxylation is 1. The number of rotatable bonds is 6. The number of hydrogen-bond donors (Lipinski definition) is 1. The Morgan fingerprint density at radius 2 is 1.96 bits per heavy atom. The van der Waals surface area contributed by atoms with Crippen LogP contribution >= 0.6 is 34.5 Å². The van der Waals surface area contributed by atoms with Gasteiger partial charge in [0.2, 0.25) is 5.91 Å². The van der Waals surface area contributed by atoms with Gasteiger partial charge in [-0.25, -0.2) is 4.98 Å². The summed E-state index contributed by atoms with van der Waals surface area (Å²) in [5, 5.41) is 6.50. The van der Waals surface area contributed by atoms with Crippen LogP contribution in [0.15, 0.2) is 47.8 Å². The highest BCUT2D eigenvalue weighted by Gasteiger charge is 2.10. The van der Waals surface area contributed by atoms with Crippen LogP contribution in [0.25, 0.3) is 0 Å². The Morgan fingerprint density at radius 3 is 2.73 bits per heavy atom. The fourth-order valence-electron chi connectivity index (χ4n) is 2.22. The van der Waals surface area contributed by atoms with Crippen molar-refractivity contribution < 1.29 is 9.53 Å². The number of benzene rings is 2. The van der Waals surface area contributed by atoms with Crippen LogP contribution in [-0.2, 0) is 17.8 Å². The van der Waals surface area contributed by atoms with Crippen molar-refractivity contribution >= 4 is 46.1 Å². The number of amides is 1. The van der Waals surface area contributed by atoms with E-state index >= 15 is 0 Å². The lowest BCUT2D eigenvalue weighted by Crippen LogP contribution is -2.14. The first-order chi connectivity index (χ1) is 12.5. The summed E-state index contributed by atoms with van der Waals surface area (Å²) >= 11 is 13.4. The van der Waals surface area contributed by atoms with Gasteiger partial charge < -0.3 is 10.1 Å². The quantitative estimate of drug-likeness (QED) is 0.586. The number of nitrogens with zero attached hydrogens (tertiary/aromatic N) is 1. The van der Waals surface area contributed by atoms with Gasteiger partial charge in [0, 0.05) is 22.2 Å². The van der Waals surface area contributed by atoms with Gasteiger partial charge in [-0.2, -0.15) is 0 Å². The summed E-state index contributed by atoms with van der Waals surface area (Å²) in [6.07, 6.45) is 0.219. The van der Waals surface area contributed by atoms with Gasteiger partial charge in [0.15, 0.2) is 0 Å². The van der Waals surface area contributed by atoms with Gasteiger partial charge in [-0.15, -0.1) is 11.3 Å². The maximum absolute atomic E-state index is 12.1. The molecule has 0 saturated heterocycles. The zero-order valence-electron chi connectivity index (χ0n) is 14.0. The van der Waals surface area contributed by atoms with E-state index in [1.165, 1.54) is 11.3 Å². The normalized spacial score (nSPS) is 10.6. The van der Waals surface area contributed by atoms with E-state index in [9.17, 15) is 4.79 Å². The van der Waals surface area contributed by atoms with Gasteiger partial charge in [-0.1, -0.05) is 40.9 Å². The van der Waals surface area contributed by atoms with Crippen LogP contribution in [0, 0.1) is 6.92 Å². The van der Waals surface area contributed by atoms with Crippen LogP contribution in [0.4, 0.5) is 5.69 Å². The van der Waals surface area contributed by atoms with E-state index < -0.39 is 0 Å². The highest BCUT2D eigenvalue weighted by molar-refractivity contribution is 7.09. The number of aromatic nitrogens is 1. The molecule has 3 aromatic rings. The molecule has 2 aromatic carbocycles. The van der Waals surface area contributed by atoms with Crippen LogP contribution in [0.5, 0.6) is 5.75 Å². The fourth-order valence-corrected chi connectivity index (χ4v) is 3.33. The maximum Gasteiger partial charge on any atom is 0.231 e. The zero-order chi connectivity index (χ0) is 18.5. The standard InChI is InChI=1S/C19H16Cl2N2O2S/c1-12-2-5-14(6-3-12)22-18(24)9-19-23-15(11-26-19)10-25-17-8-13(20)4-7-16(17)21/h2-8,11H,9-10H2,1H3,(H,22,24). The molecule has 1 aromatic heterocycles. The number of nitrogens with one attached hydrogen (secondary N) is 1. The third kappa shape index (κ3) is 5.21. The molecule has 0 spiro atoms. The average molecular weight is 407 g/mol. The van der Waals surface area contributed by atoms with Crippen molar-refractivity contribution in [3.63, 3.8) is 0 Å². The highest BCUT2D eigenvalue weighted by Crippen LogP contribution is 2.28. The Bertz CT molecular complexity index is 910. The topological polar surface area (TPSA) is 51.2 Å². The van der Waals surface area contributed by atoms with Crippen molar-refractivity contribution in [2.45, 2.75) is 20.0 Å². The van der Waals surface area contributed by atoms with E-state index in [1.54, 1.807) is 18.2 Å². The second kappa shape index (κ2) is 8.54. The largest absolute Gasteiger partial charge is 0.486 e. The molecule has 0 aliphatic heterocycles. The molecule has 0 aliphatic carbocycles. The van der Waals surface area contributed by atoms with Gasteiger partial charge in [0.05, 0.1) is 17.1 Å². The van der Waals surface area contributed by atoms with Crippen LogP contribution in [0.1, 0.15) is 16.3 Å². The summed E-state index contributed by atoms with van der Waals surface area (Å²) in [6, 6.07) is 12.7. The molecule has 0 bridgehead atoms. The predicted octanol–water partition coefficient (Wildman–Crippen LogP) is 5.52. The molecule has 4 nitrogen and oxygen atoms in total. The minimum Gasteiger partial charge on any atom is -0.486 e. The molecule has 0 atom stereocenters. The van der Waals surface area contributed by atoms with Crippen LogP contribution in [-0.4, -0.2) is 10.9 Å². The van der Waals surface area contributed by atoms with Crippen molar-refractivity contribution in [2.24, 2.45) is 0 Å². The maximum atomic E-state index is 12.1. The van der Waals surface area contributed by atoms with E-state index in [0.717, 1.165) is 22.0 Å². The Labute approximate surface area is 165 Å². The average Bonchev–Trinajstić information content (AvgIpc) is 3.05. The van der Waals surface area contributed by atoms with Crippen LogP contribution in [0.2, 0.25) is 10.0 Å². The Balaban J connectivity index is 1.55. The van der Waals surface area contributed by atoms with Gasteiger partial charge in [0.25, 0.3) is 0 Å². The molecular formula is C19H16Cl2N2O2S. The number of carbonyl (C=O) groups is 1. The van der Waals surface area contributed by atoms with Crippen molar-refractivity contribution in [1.82, 2.24) is 4.98 Å².